The molecule has 124 heavy (non-hydrogen) atoms. The fourth-order valence-electron chi connectivity index (χ4n) is 19.7. The van der Waals surface area contributed by atoms with Crippen LogP contribution in [0.15, 0.2) is 455 Å². The summed E-state index contributed by atoms with van der Waals surface area (Å²) in [5.41, 5.74) is 30.0. The zero-order chi connectivity index (χ0) is 81.7. The predicted octanol–water partition coefficient (Wildman–Crippen LogP) is 29.6. The van der Waals surface area contributed by atoms with Crippen LogP contribution < -0.4 is 0 Å². The number of nitrogens with zero attached hydrogens (tertiary/aromatic N) is 9. The SMILES string of the molecule is c1ccc(-c2ccc(-n3c4ccccc4c4c(-c5ccnc6c5c5ccccc5n6-c5ccccc5)cccc43)cc2)cc1.c1ccc(-n2c3ccccc3c3c(-c4cccc5c4c4ccccc4n5-c4ccc5ccccc5c4)ccnc32)cc1.c1ccc(-n2c3ccccc3c3c(-c4ccnc5c4c4ccccc4n5-c4ccccc4)cccc32)cc1. The minimum Gasteiger partial charge on any atom is -0.309 e. The number of fused-ring (bicyclic) bond motifs is 19. The Kier molecular flexibility index (Phi) is 17.1. The number of benzene rings is 17. The smallest absolute Gasteiger partial charge is 0.146 e. The number of pyridine rings is 3. The van der Waals surface area contributed by atoms with E-state index in [-0.39, 0.29) is 0 Å². The fraction of sp³-hybridized carbons (Fsp3) is 0. The molecule has 0 fully saturated rings. The lowest BCUT2D eigenvalue weighted by molar-refractivity contribution is 1.14. The van der Waals surface area contributed by atoms with Gasteiger partial charge in [0.05, 0.1) is 49.7 Å². The van der Waals surface area contributed by atoms with Crippen LogP contribution in [-0.2, 0) is 0 Å². The molecule has 0 saturated heterocycles. The Balaban J connectivity index is 0.000000105. The van der Waals surface area contributed by atoms with Crippen LogP contribution in [0, 0.1) is 0 Å². The molecule has 9 aromatic heterocycles. The molecule has 9 nitrogen and oxygen atoms in total. The van der Waals surface area contributed by atoms with Gasteiger partial charge in [0.1, 0.15) is 16.9 Å². The van der Waals surface area contributed by atoms with Crippen molar-refractivity contribution in [1.82, 2.24) is 42.4 Å². The zero-order valence-corrected chi connectivity index (χ0v) is 67.3. The minimum atomic E-state index is 0.965. The molecule has 0 aliphatic heterocycles. The van der Waals surface area contributed by atoms with Crippen molar-refractivity contribution in [3.05, 3.63) is 455 Å². The molecule has 580 valence electrons. The largest absolute Gasteiger partial charge is 0.309 e. The highest BCUT2D eigenvalue weighted by atomic mass is 15.1. The van der Waals surface area contributed by atoms with Gasteiger partial charge in [-0.05, 0) is 201 Å². The summed E-state index contributed by atoms with van der Waals surface area (Å²) >= 11 is 0. The quantitative estimate of drug-likeness (QED) is 0.137. The molecule has 0 spiro atoms. The summed E-state index contributed by atoms with van der Waals surface area (Å²) in [5, 5.41) is 17.1. The van der Waals surface area contributed by atoms with E-state index in [0.29, 0.717) is 0 Å². The van der Waals surface area contributed by atoms with Crippen LogP contribution in [-0.4, -0.2) is 42.4 Å². The highest BCUT2D eigenvalue weighted by molar-refractivity contribution is 6.25. The third-order valence-electron chi connectivity index (χ3n) is 24.9. The van der Waals surface area contributed by atoms with Crippen LogP contribution in [0.1, 0.15) is 0 Å². The first-order chi connectivity index (χ1) is 61.6. The van der Waals surface area contributed by atoms with Gasteiger partial charge in [-0.3, -0.25) is 13.7 Å². The Morgan fingerprint density at radius 1 is 0.145 bits per heavy atom. The van der Waals surface area contributed by atoms with Gasteiger partial charge >= 0.3 is 0 Å². The first-order valence-corrected chi connectivity index (χ1v) is 42.2. The van der Waals surface area contributed by atoms with E-state index in [1.807, 2.05) is 18.6 Å². The van der Waals surface area contributed by atoms with Crippen molar-refractivity contribution in [1.29, 1.82) is 0 Å². The van der Waals surface area contributed by atoms with Gasteiger partial charge in [0, 0.05) is 117 Å². The summed E-state index contributed by atoms with van der Waals surface area (Å²) in [4.78, 5) is 14.9. The Hall–Kier alpha value is -16.8. The normalized spacial score (nSPS) is 11.7. The summed E-state index contributed by atoms with van der Waals surface area (Å²) < 4.78 is 14.0. The highest BCUT2D eigenvalue weighted by Gasteiger charge is 2.27. The van der Waals surface area contributed by atoms with Crippen molar-refractivity contribution in [2.24, 2.45) is 0 Å². The highest BCUT2D eigenvalue weighted by Crippen LogP contribution is 2.49. The van der Waals surface area contributed by atoms with Crippen molar-refractivity contribution in [3.8, 4) is 78.6 Å². The topological polar surface area (TPSA) is 68.2 Å². The molecular formula is C115H75N9. The van der Waals surface area contributed by atoms with Crippen molar-refractivity contribution >= 4 is 142 Å². The molecule has 9 heterocycles. The number of para-hydroxylation sites is 10. The van der Waals surface area contributed by atoms with Crippen molar-refractivity contribution in [2.45, 2.75) is 0 Å². The second-order valence-electron chi connectivity index (χ2n) is 31.7. The lowest BCUT2D eigenvalue weighted by Crippen LogP contribution is -1.95. The van der Waals surface area contributed by atoms with Crippen LogP contribution in [0.2, 0.25) is 0 Å². The first kappa shape index (κ1) is 71.4. The molecular weight excluding hydrogens is 1510 g/mol. The molecule has 0 unspecified atom stereocenters. The molecule has 26 rings (SSSR count). The van der Waals surface area contributed by atoms with Crippen LogP contribution in [0.4, 0.5) is 0 Å². The van der Waals surface area contributed by atoms with E-state index >= 15 is 0 Å². The summed E-state index contributed by atoms with van der Waals surface area (Å²) in [5.74, 6) is 0. The van der Waals surface area contributed by atoms with E-state index in [4.69, 9.17) is 15.0 Å². The zero-order valence-electron chi connectivity index (χ0n) is 67.3. The Labute approximate surface area is 713 Å². The molecule has 0 aliphatic carbocycles. The van der Waals surface area contributed by atoms with Crippen LogP contribution in [0.5, 0.6) is 0 Å². The minimum absolute atomic E-state index is 0.965. The third-order valence-corrected chi connectivity index (χ3v) is 24.9. The molecule has 26 aromatic rings. The van der Waals surface area contributed by atoms with E-state index in [1.54, 1.807) is 0 Å². The van der Waals surface area contributed by atoms with Crippen LogP contribution in [0.3, 0.4) is 0 Å². The molecule has 0 saturated carbocycles. The Morgan fingerprint density at radius 2 is 0.387 bits per heavy atom. The molecule has 0 aliphatic rings. The van der Waals surface area contributed by atoms with Crippen LogP contribution in [0.25, 0.3) is 221 Å². The predicted molar refractivity (Wildman–Crippen MR) is 518 cm³/mol. The van der Waals surface area contributed by atoms with E-state index < -0.39 is 0 Å². The van der Waals surface area contributed by atoms with Gasteiger partial charge in [-0.15, -0.1) is 0 Å². The van der Waals surface area contributed by atoms with Gasteiger partial charge in [-0.2, -0.15) is 0 Å². The molecule has 9 heteroatoms. The maximum atomic E-state index is 4.97. The average molecular weight is 1580 g/mol. The fourth-order valence-corrected chi connectivity index (χ4v) is 19.7. The van der Waals surface area contributed by atoms with Gasteiger partial charge in [0.15, 0.2) is 0 Å². The molecule has 0 radical (unpaired) electrons. The number of hydrogen-bond donors (Lipinski definition) is 0. The van der Waals surface area contributed by atoms with E-state index in [0.717, 1.165) is 67.6 Å². The summed E-state index contributed by atoms with van der Waals surface area (Å²) in [6, 6.07) is 156. The summed E-state index contributed by atoms with van der Waals surface area (Å²) in [6.45, 7) is 0. The summed E-state index contributed by atoms with van der Waals surface area (Å²) in [7, 11) is 0. The second kappa shape index (κ2) is 29.6. The maximum absolute atomic E-state index is 4.97. The van der Waals surface area contributed by atoms with E-state index in [9.17, 15) is 0 Å². The number of rotatable bonds is 10. The van der Waals surface area contributed by atoms with Crippen LogP contribution >= 0.6 is 0 Å². The Bertz CT molecular complexity index is 8500. The van der Waals surface area contributed by atoms with Gasteiger partial charge in [0.2, 0.25) is 0 Å². The van der Waals surface area contributed by atoms with Crippen molar-refractivity contribution in [2.75, 3.05) is 0 Å². The van der Waals surface area contributed by atoms with Crippen molar-refractivity contribution in [3.63, 3.8) is 0 Å². The third kappa shape index (κ3) is 11.5. The van der Waals surface area contributed by atoms with Crippen molar-refractivity contribution < 1.29 is 0 Å². The van der Waals surface area contributed by atoms with Gasteiger partial charge in [-0.1, -0.05) is 291 Å². The second-order valence-corrected chi connectivity index (χ2v) is 31.7. The molecule has 17 aromatic carbocycles. The van der Waals surface area contributed by atoms with Gasteiger partial charge in [0.25, 0.3) is 0 Å². The lowest BCUT2D eigenvalue weighted by Gasteiger charge is -2.11. The van der Waals surface area contributed by atoms with E-state index in [2.05, 4.69) is 464 Å². The molecule has 0 bridgehead atoms. The monoisotopic (exact) mass is 1580 g/mol. The summed E-state index contributed by atoms with van der Waals surface area (Å²) in [6.07, 6.45) is 5.86. The lowest BCUT2D eigenvalue weighted by atomic mass is 9.97. The standard InChI is InChI=1S/C41H27N3.C39H25N3.C35H23N3/c1-3-12-28(13-4-1)29-22-24-31(25-23-29)43-36-19-9-7-16-34(36)39-32(18-11-21-38(39)43)33-26-27-42-41-40(33)35-17-8-10-20-37(35)44(41)30-14-5-2-6-15-30;1-2-13-28(14-3-1)42-35-19-9-7-16-33(35)38-31(23-24-40-39(38)42)30-17-10-20-36-37(30)32-15-6-8-18-34(32)41(36)29-22-21-26-11-4-5-12-27(26)25-29;1-3-12-24(13-4-1)37-30-19-9-7-16-28(30)33-26(18-11-21-32(33)37)27-22-23-36-35-34(27)29-17-8-10-20-31(29)38(35)25-14-5-2-6-15-25/h1-27H;1-25H;1-23H. The first-order valence-electron chi connectivity index (χ1n) is 42.2. The number of aromatic nitrogens is 9. The Morgan fingerprint density at radius 3 is 0.742 bits per heavy atom. The molecule has 0 atom stereocenters. The molecule has 0 N–H and O–H groups in total. The number of hydrogen-bond acceptors (Lipinski definition) is 3. The van der Waals surface area contributed by atoms with Gasteiger partial charge in [-0.25, -0.2) is 15.0 Å². The average Bonchev–Trinajstić information content (AvgIpc) is 1.56. The van der Waals surface area contributed by atoms with Gasteiger partial charge < -0.3 is 13.7 Å². The van der Waals surface area contributed by atoms with E-state index in [1.165, 1.54) is 153 Å². The maximum Gasteiger partial charge on any atom is 0.146 e. The molecule has 0 amide bonds.